The molecule has 17 heavy (non-hydrogen) atoms. The van der Waals surface area contributed by atoms with E-state index >= 15 is 0 Å². The van der Waals surface area contributed by atoms with Gasteiger partial charge < -0.3 is 10.1 Å². The largest absolute Gasteiger partial charge is 0.378 e. The van der Waals surface area contributed by atoms with E-state index in [1.807, 2.05) is 0 Å². The van der Waals surface area contributed by atoms with E-state index in [4.69, 9.17) is 4.74 Å². The fourth-order valence-corrected chi connectivity index (χ4v) is 3.20. The first-order valence-corrected chi connectivity index (χ1v) is 7.60. The van der Waals surface area contributed by atoms with E-state index in [1.165, 1.54) is 51.5 Å². The van der Waals surface area contributed by atoms with Gasteiger partial charge in [0.1, 0.15) is 0 Å². The number of nitrogens with one attached hydrogen (secondary N) is 1. The lowest BCUT2D eigenvalue weighted by molar-refractivity contribution is -0.00183. The van der Waals surface area contributed by atoms with Crippen LogP contribution in [0.2, 0.25) is 0 Å². The van der Waals surface area contributed by atoms with Gasteiger partial charge >= 0.3 is 0 Å². The van der Waals surface area contributed by atoms with Crippen LogP contribution in [0.25, 0.3) is 0 Å². The molecule has 1 aliphatic heterocycles. The van der Waals surface area contributed by atoms with Crippen molar-refractivity contribution in [3.05, 3.63) is 0 Å². The van der Waals surface area contributed by atoms with E-state index in [1.54, 1.807) is 0 Å². The van der Waals surface area contributed by atoms with Gasteiger partial charge in [-0.1, -0.05) is 20.3 Å². The molecule has 2 nitrogen and oxygen atoms in total. The fourth-order valence-electron chi connectivity index (χ4n) is 3.20. The topological polar surface area (TPSA) is 21.3 Å². The lowest BCUT2D eigenvalue weighted by atomic mass is 9.80. The third kappa shape index (κ3) is 4.26. The van der Waals surface area contributed by atoms with E-state index < -0.39 is 0 Å². The second kappa shape index (κ2) is 6.75. The van der Waals surface area contributed by atoms with E-state index in [9.17, 15) is 0 Å². The molecule has 2 aliphatic rings. The molecule has 100 valence electrons. The van der Waals surface area contributed by atoms with Crippen molar-refractivity contribution >= 4 is 0 Å². The van der Waals surface area contributed by atoms with Crippen molar-refractivity contribution in [3.63, 3.8) is 0 Å². The molecule has 0 aromatic heterocycles. The summed E-state index contributed by atoms with van der Waals surface area (Å²) < 4.78 is 6.06. The van der Waals surface area contributed by atoms with Crippen LogP contribution in [0.5, 0.6) is 0 Å². The second-order valence-corrected chi connectivity index (χ2v) is 6.20. The molecule has 2 rings (SSSR count). The van der Waals surface area contributed by atoms with E-state index in [2.05, 4.69) is 19.2 Å². The third-order valence-electron chi connectivity index (χ3n) is 4.78. The Morgan fingerprint density at radius 3 is 2.65 bits per heavy atom. The average molecular weight is 239 g/mol. The Hall–Kier alpha value is -0.0800. The van der Waals surface area contributed by atoms with Crippen molar-refractivity contribution in [1.82, 2.24) is 5.32 Å². The van der Waals surface area contributed by atoms with Gasteiger partial charge in [0, 0.05) is 12.6 Å². The van der Waals surface area contributed by atoms with Crippen molar-refractivity contribution in [3.8, 4) is 0 Å². The van der Waals surface area contributed by atoms with Crippen LogP contribution in [-0.2, 0) is 4.74 Å². The highest BCUT2D eigenvalue weighted by atomic mass is 16.5. The monoisotopic (exact) mass is 239 g/mol. The maximum absolute atomic E-state index is 6.06. The minimum Gasteiger partial charge on any atom is -0.378 e. The number of rotatable bonds is 4. The Balaban J connectivity index is 1.58. The lowest BCUT2D eigenvalue weighted by Gasteiger charge is -2.32. The molecule has 1 aliphatic carbocycles. The molecule has 1 heterocycles. The standard InChI is InChI=1S/C15H29NO/c1-12-6-7-15(11-13(12)2)17-10-8-14-5-3-4-9-16-14/h12-16H,3-11H2,1-2H3. The zero-order valence-electron chi connectivity index (χ0n) is 11.6. The zero-order chi connectivity index (χ0) is 12.1. The predicted octanol–water partition coefficient (Wildman–Crippen LogP) is 3.36. The van der Waals surface area contributed by atoms with Crippen LogP contribution in [-0.4, -0.2) is 25.3 Å². The Bertz CT molecular complexity index is 213. The summed E-state index contributed by atoms with van der Waals surface area (Å²) in [5.74, 6) is 1.75. The summed E-state index contributed by atoms with van der Waals surface area (Å²) in [6, 6.07) is 0.726. The quantitative estimate of drug-likeness (QED) is 0.812. The molecule has 1 N–H and O–H groups in total. The minimum absolute atomic E-state index is 0.546. The summed E-state index contributed by atoms with van der Waals surface area (Å²) in [4.78, 5) is 0. The Labute approximate surface area is 107 Å². The third-order valence-corrected chi connectivity index (χ3v) is 4.78. The van der Waals surface area contributed by atoms with Crippen LogP contribution in [0, 0.1) is 11.8 Å². The molecule has 4 atom stereocenters. The molecule has 1 saturated heterocycles. The van der Waals surface area contributed by atoms with Gasteiger partial charge in [-0.3, -0.25) is 0 Å². The van der Waals surface area contributed by atoms with Crippen LogP contribution in [0.4, 0.5) is 0 Å². The number of hydrogen-bond acceptors (Lipinski definition) is 2. The Kier molecular flexibility index (Phi) is 5.30. The molecule has 0 spiro atoms. The summed E-state index contributed by atoms with van der Waals surface area (Å²) in [7, 11) is 0. The smallest absolute Gasteiger partial charge is 0.0577 e. The molecular formula is C15H29NO. The maximum atomic E-state index is 6.06. The molecular weight excluding hydrogens is 210 g/mol. The molecule has 2 fully saturated rings. The molecule has 0 amide bonds. The lowest BCUT2D eigenvalue weighted by Crippen LogP contribution is -2.35. The van der Waals surface area contributed by atoms with Gasteiger partial charge in [0.05, 0.1) is 6.10 Å². The van der Waals surface area contributed by atoms with E-state index in [0.717, 1.165) is 24.5 Å². The summed E-state index contributed by atoms with van der Waals surface area (Å²) in [5.41, 5.74) is 0. The molecule has 0 radical (unpaired) electrons. The van der Waals surface area contributed by atoms with Crippen LogP contribution in [0.15, 0.2) is 0 Å². The number of ether oxygens (including phenoxy) is 1. The predicted molar refractivity (Wildman–Crippen MR) is 72.2 cm³/mol. The maximum Gasteiger partial charge on any atom is 0.0577 e. The molecule has 0 bridgehead atoms. The van der Waals surface area contributed by atoms with Crippen molar-refractivity contribution in [2.24, 2.45) is 11.8 Å². The van der Waals surface area contributed by atoms with Gasteiger partial charge in [0.15, 0.2) is 0 Å². The van der Waals surface area contributed by atoms with Crippen LogP contribution >= 0.6 is 0 Å². The Morgan fingerprint density at radius 1 is 1.06 bits per heavy atom. The normalized spacial score (nSPS) is 39.2. The van der Waals surface area contributed by atoms with Gasteiger partial charge in [0.2, 0.25) is 0 Å². The van der Waals surface area contributed by atoms with Crippen LogP contribution in [0.3, 0.4) is 0 Å². The minimum atomic E-state index is 0.546. The molecule has 1 saturated carbocycles. The Morgan fingerprint density at radius 2 is 1.94 bits per heavy atom. The molecule has 0 aromatic rings. The second-order valence-electron chi connectivity index (χ2n) is 6.20. The first kappa shape index (κ1) is 13.4. The highest BCUT2D eigenvalue weighted by Gasteiger charge is 2.25. The highest BCUT2D eigenvalue weighted by molar-refractivity contribution is 4.76. The van der Waals surface area contributed by atoms with E-state index in [-0.39, 0.29) is 0 Å². The summed E-state index contributed by atoms with van der Waals surface area (Å²) in [5, 5.41) is 3.59. The van der Waals surface area contributed by atoms with Crippen molar-refractivity contribution in [2.75, 3.05) is 13.2 Å². The van der Waals surface area contributed by atoms with Gasteiger partial charge in [-0.05, 0) is 56.9 Å². The van der Waals surface area contributed by atoms with Gasteiger partial charge in [-0.25, -0.2) is 0 Å². The van der Waals surface area contributed by atoms with Crippen LogP contribution in [0.1, 0.15) is 58.8 Å². The van der Waals surface area contributed by atoms with Crippen LogP contribution < -0.4 is 5.32 Å². The van der Waals surface area contributed by atoms with Gasteiger partial charge in [0.25, 0.3) is 0 Å². The van der Waals surface area contributed by atoms with Crippen molar-refractivity contribution in [2.45, 2.75) is 70.9 Å². The average Bonchev–Trinajstić information content (AvgIpc) is 2.35. The van der Waals surface area contributed by atoms with Gasteiger partial charge in [-0.15, -0.1) is 0 Å². The fraction of sp³-hybridized carbons (Fsp3) is 1.00. The summed E-state index contributed by atoms with van der Waals surface area (Å²) >= 11 is 0. The van der Waals surface area contributed by atoms with Crippen molar-refractivity contribution < 1.29 is 4.74 Å². The summed E-state index contributed by atoms with van der Waals surface area (Å²) in [6.45, 7) is 6.93. The summed E-state index contributed by atoms with van der Waals surface area (Å²) in [6.07, 6.45) is 9.77. The molecule has 0 aromatic carbocycles. The number of piperidine rings is 1. The van der Waals surface area contributed by atoms with E-state index in [0.29, 0.717) is 6.10 Å². The zero-order valence-corrected chi connectivity index (χ0v) is 11.6. The van der Waals surface area contributed by atoms with Crippen molar-refractivity contribution in [1.29, 1.82) is 0 Å². The SMILES string of the molecule is CC1CCC(OCCC2CCCCN2)CC1C. The number of hydrogen-bond donors (Lipinski definition) is 1. The highest BCUT2D eigenvalue weighted by Crippen LogP contribution is 2.31. The first-order chi connectivity index (χ1) is 8.25. The molecule has 2 heteroatoms. The molecule has 4 unspecified atom stereocenters. The van der Waals surface area contributed by atoms with Gasteiger partial charge in [-0.2, -0.15) is 0 Å². The first-order valence-electron chi connectivity index (χ1n) is 7.60.